The minimum Gasteiger partial charge on any atom is -0.445 e. The topological polar surface area (TPSA) is 118 Å². The molecule has 2 heterocycles. The maximum atomic E-state index is 12.4. The van der Waals surface area contributed by atoms with Gasteiger partial charge >= 0.3 is 12.1 Å². The number of fused-ring (bicyclic) bond motifs is 1. The Morgan fingerprint density at radius 3 is 2.50 bits per heavy atom. The molecule has 4 rings (SSSR count). The molecule has 1 aliphatic rings. The molecule has 0 saturated carbocycles. The molecule has 176 valence electrons. The number of amides is 3. The Hall–Kier alpha value is -3.92. The number of hydrogen-bond donors (Lipinski definition) is 2. The van der Waals surface area contributed by atoms with E-state index in [4.69, 9.17) is 4.74 Å². The number of urea groups is 1. The summed E-state index contributed by atoms with van der Waals surface area (Å²) in [6.07, 6.45) is 0.0755. The summed E-state index contributed by atoms with van der Waals surface area (Å²) in [5.74, 6) is 0.218. The van der Waals surface area contributed by atoms with Crippen LogP contribution in [0.15, 0.2) is 71.6 Å². The largest absolute Gasteiger partial charge is 0.445 e. The van der Waals surface area contributed by atoms with Gasteiger partial charge in [-0.1, -0.05) is 54.1 Å². The third kappa shape index (κ3) is 5.70. The van der Waals surface area contributed by atoms with Crippen molar-refractivity contribution < 1.29 is 22.7 Å². The van der Waals surface area contributed by atoms with Crippen LogP contribution in [0.25, 0.3) is 0 Å². The van der Waals surface area contributed by atoms with Crippen LogP contribution in [-0.4, -0.2) is 37.0 Å². The van der Waals surface area contributed by atoms with Crippen LogP contribution in [0, 0.1) is 6.92 Å². The second kappa shape index (κ2) is 9.92. The van der Waals surface area contributed by atoms with Gasteiger partial charge in [0.2, 0.25) is 0 Å². The molecule has 0 fully saturated rings. The van der Waals surface area contributed by atoms with Crippen LogP contribution in [-0.2, 0) is 34.3 Å². The number of aromatic nitrogens is 1. The summed E-state index contributed by atoms with van der Waals surface area (Å²) in [5, 5.41) is 2.46. The van der Waals surface area contributed by atoms with Crippen molar-refractivity contribution in [1.29, 1.82) is 0 Å². The second-order valence-corrected chi connectivity index (χ2v) is 9.57. The molecule has 0 radical (unpaired) electrons. The lowest BCUT2D eigenvalue weighted by atomic mass is 10.1. The van der Waals surface area contributed by atoms with Gasteiger partial charge in [0.1, 0.15) is 12.4 Å². The molecule has 3 amide bonds. The van der Waals surface area contributed by atoms with Crippen molar-refractivity contribution in [3.05, 3.63) is 89.1 Å². The monoisotopic (exact) mass is 480 g/mol. The molecule has 0 atom stereocenters. The molecule has 0 saturated heterocycles. The summed E-state index contributed by atoms with van der Waals surface area (Å²) in [6, 6.07) is 18.0. The number of ether oxygens (including phenoxy) is 1. The van der Waals surface area contributed by atoms with E-state index < -0.39 is 22.1 Å². The number of nitrogens with one attached hydrogen (secondary N) is 2. The number of anilines is 1. The lowest BCUT2D eigenvalue weighted by Gasteiger charge is -2.27. The molecule has 1 aromatic heterocycles. The number of aryl methyl sites for hydroxylation is 1. The zero-order chi connectivity index (χ0) is 24.1. The number of benzene rings is 2. The van der Waals surface area contributed by atoms with E-state index in [0.29, 0.717) is 19.5 Å². The van der Waals surface area contributed by atoms with Crippen LogP contribution in [0.4, 0.5) is 15.4 Å². The SMILES string of the molecule is Cc1ccc(S(=O)(=O)NC(=O)Nc2ccc3c(n2)CCN(C(=O)OCc2ccccc2)C3)cc1. The van der Waals surface area contributed by atoms with Gasteiger partial charge in [-0.05, 0) is 36.2 Å². The third-order valence-electron chi connectivity index (χ3n) is 5.31. The molecule has 0 unspecified atom stereocenters. The molecule has 0 spiro atoms. The third-order valence-corrected chi connectivity index (χ3v) is 6.66. The van der Waals surface area contributed by atoms with Crippen LogP contribution >= 0.6 is 0 Å². The van der Waals surface area contributed by atoms with Crippen LogP contribution in [0.1, 0.15) is 22.4 Å². The zero-order valence-electron chi connectivity index (χ0n) is 18.5. The first-order chi connectivity index (χ1) is 16.3. The Labute approximate surface area is 197 Å². The van der Waals surface area contributed by atoms with E-state index in [9.17, 15) is 18.0 Å². The minimum absolute atomic E-state index is 0.00843. The molecule has 2 N–H and O–H groups in total. The summed E-state index contributed by atoms with van der Waals surface area (Å²) >= 11 is 0. The highest BCUT2D eigenvalue weighted by molar-refractivity contribution is 7.90. The maximum absolute atomic E-state index is 12.4. The molecule has 10 heteroatoms. The first kappa shape index (κ1) is 23.2. The van der Waals surface area contributed by atoms with Crippen molar-refractivity contribution in [2.24, 2.45) is 0 Å². The van der Waals surface area contributed by atoms with Gasteiger partial charge in [0.05, 0.1) is 11.4 Å². The molecule has 1 aliphatic heterocycles. The Kier molecular flexibility index (Phi) is 6.78. The van der Waals surface area contributed by atoms with E-state index in [2.05, 4.69) is 10.3 Å². The molecule has 3 aromatic rings. The van der Waals surface area contributed by atoms with Crippen molar-refractivity contribution in [2.45, 2.75) is 31.4 Å². The first-order valence-corrected chi connectivity index (χ1v) is 12.1. The minimum atomic E-state index is -4.00. The van der Waals surface area contributed by atoms with Gasteiger partial charge in [-0.3, -0.25) is 5.32 Å². The summed E-state index contributed by atoms with van der Waals surface area (Å²) in [4.78, 5) is 30.7. The van der Waals surface area contributed by atoms with Gasteiger partial charge in [-0.15, -0.1) is 0 Å². The summed E-state index contributed by atoms with van der Waals surface area (Å²) in [7, 11) is -4.00. The van der Waals surface area contributed by atoms with Gasteiger partial charge in [0.15, 0.2) is 0 Å². The second-order valence-electron chi connectivity index (χ2n) is 7.89. The van der Waals surface area contributed by atoms with Crippen LogP contribution < -0.4 is 10.0 Å². The average molecular weight is 481 g/mol. The van der Waals surface area contributed by atoms with Crippen LogP contribution in [0.5, 0.6) is 0 Å². The number of carbonyl (C=O) groups is 2. The maximum Gasteiger partial charge on any atom is 0.410 e. The Bertz CT molecular complexity index is 1290. The van der Waals surface area contributed by atoms with Crippen LogP contribution in [0.2, 0.25) is 0 Å². The number of hydrogen-bond acceptors (Lipinski definition) is 6. The predicted molar refractivity (Wildman–Crippen MR) is 125 cm³/mol. The Morgan fingerprint density at radius 2 is 1.76 bits per heavy atom. The van der Waals surface area contributed by atoms with Gasteiger partial charge in [-0.2, -0.15) is 0 Å². The molecular weight excluding hydrogens is 456 g/mol. The molecule has 0 bridgehead atoms. The lowest BCUT2D eigenvalue weighted by Crippen LogP contribution is -2.37. The Morgan fingerprint density at radius 1 is 1.03 bits per heavy atom. The van der Waals surface area contributed by atoms with E-state index in [-0.39, 0.29) is 17.3 Å². The van der Waals surface area contributed by atoms with Crippen molar-refractivity contribution in [3.8, 4) is 0 Å². The summed E-state index contributed by atoms with van der Waals surface area (Å²) in [6.45, 7) is 2.80. The lowest BCUT2D eigenvalue weighted by molar-refractivity contribution is 0.0916. The van der Waals surface area contributed by atoms with Gasteiger partial charge in [0.25, 0.3) is 10.0 Å². The van der Waals surface area contributed by atoms with E-state index in [1.54, 1.807) is 29.2 Å². The van der Waals surface area contributed by atoms with Crippen LogP contribution in [0.3, 0.4) is 0 Å². The molecule has 34 heavy (non-hydrogen) atoms. The van der Waals surface area contributed by atoms with Crippen molar-refractivity contribution in [3.63, 3.8) is 0 Å². The smallest absolute Gasteiger partial charge is 0.410 e. The molecule has 2 aromatic carbocycles. The normalized spacial score (nSPS) is 13.0. The molecule has 0 aliphatic carbocycles. The number of rotatable bonds is 5. The van der Waals surface area contributed by atoms with Crippen molar-refractivity contribution in [2.75, 3.05) is 11.9 Å². The van der Waals surface area contributed by atoms with E-state index in [0.717, 1.165) is 22.4 Å². The quantitative estimate of drug-likeness (QED) is 0.576. The number of pyridine rings is 1. The molecule has 9 nitrogen and oxygen atoms in total. The fourth-order valence-electron chi connectivity index (χ4n) is 3.49. The first-order valence-electron chi connectivity index (χ1n) is 10.6. The zero-order valence-corrected chi connectivity index (χ0v) is 19.3. The van der Waals surface area contributed by atoms with Crippen molar-refractivity contribution in [1.82, 2.24) is 14.6 Å². The highest BCUT2D eigenvalue weighted by Gasteiger charge is 2.24. The van der Waals surface area contributed by atoms with E-state index in [1.807, 2.05) is 42.0 Å². The van der Waals surface area contributed by atoms with E-state index in [1.165, 1.54) is 12.1 Å². The number of sulfonamides is 1. The van der Waals surface area contributed by atoms with Crippen molar-refractivity contribution >= 4 is 28.0 Å². The molecular formula is C24H24N4O5S. The highest BCUT2D eigenvalue weighted by Crippen LogP contribution is 2.20. The average Bonchev–Trinajstić information content (AvgIpc) is 2.82. The standard InChI is InChI=1S/C24H24N4O5S/c1-17-7-10-20(11-8-17)34(31,32)27-23(29)26-22-12-9-19-15-28(14-13-21(19)25-22)24(30)33-16-18-5-3-2-4-6-18/h2-12H,13-16H2,1H3,(H2,25,26,27,29). The van der Waals surface area contributed by atoms with Gasteiger partial charge < -0.3 is 9.64 Å². The number of nitrogens with zero attached hydrogens (tertiary/aromatic N) is 2. The summed E-state index contributed by atoms with van der Waals surface area (Å²) in [5.41, 5.74) is 3.38. The highest BCUT2D eigenvalue weighted by atomic mass is 32.2. The van der Waals surface area contributed by atoms with Gasteiger partial charge in [0, 0.05) is 18.7 Å². The fourth-order valence-corrected chi connectivity index (χ4v) is 4.40. The van der Waals surface area contributed by atoms with Gasteiger partial charge in [-0.25, -0.2) is 27.7 Å². The summed E-state index contributed by atoms with van der Waals surface area (Å²) < 4.78 is 32.1. The predicted octanol–water partition coefficient (Wildman–Crippen LogP) is 3.60. The van der Waals surface area contributed by atoms with E-state index >= 15 is 0 Å². The Balaban J connectivity index is 1.34. The fraction of sp³-hybridized carbons (Fsp3) is 0.208. The number of carbonyl (C=O) groups excluding carboxylic acids is 2.